The summed E-state index contributed by atoms with van der Waals surface area (Å²) >= 11 is 11.8. The average Bonchev–Trinajstić information content (AvgIpc) is 3.42. The monoisotopic (exact) mass is 515 g/mol. The molecule has 1 saturated heterocycles. The van der Waals surface area contributed by atoms with Crippen LogP contribution in [-0.2, 0) is 16.1 Å². The van der Waals surface area contributed by atoms with E-state index in [1.807, 2.05) is 0 Å². The highest BCUT2D eigenvalue weighted by molar-refractivity contribution is 6.34. The van der Waals surface area contributed by atoms with E-state index in [0.717, 1.165) is 31.1 Å². The highest BCUT2D eigenvalue weighted by Crippen LogP contribution is 2.48. The van der Waals surface area contributed by atoms with Crippen LogP contribution in [0.2, 0.25) is 10.0 Å². The van der Waals surface area contributed by atoms with Gasteiger partial charge in [0.2, 0.25) is 5.60 Å². The van der Waals surface area contributed by atoms with Crippen LogP contribution in [0.3, 0.4) is 0 Å². The van der Waals surface area contributed by atoms with Crippen LogP contribution in [0.15, 0.2) is 48.5 Å². The second-order valence-electron chi connectivity index (χ2n) is 8.78. The van der Waals surface area contributed by atoms with Gasteiger partial charge in [0.25, 0.3) is 0 Å². The van der Waals surface area contributed by atoms with Crippen LogP contribution in [0.1, 0.15) is 29.5 Å². The van der Waals surface area contributed by atoms with Crippen molar-refractivity contribution in [3.8, 4) is 0 Å². The molecule has 2 N–H and O–H groups in total. The van der Waals surface area contributed by atoms with E-state index >= 15 is 4.39 Å². The number of hydroxylamine groups is 1. The first-order chi connectivity index (χ1) is 16.0. The quantitative estimate of drug-likeness (QED) is 0.515. The molecule has 1 aliphatic carbocycles. The third kappa shape index (κ3) is 4.10. The van der Waals surface area contributed by atoms with Gasteiger partial charge in [-0.25, -0.2) is 9.18 Å². The summed E-state index contributed by atoms with van der Waals surface area (Å²) in [6.07, 6.45) is -2.04. The van der Waals surface area contributed by atoms with E-state index in [2.05, 4.69) is 10.8 Å². The molecule has 2 heterocycles. The molecule has 2 aromatic carbocycles. The summed E-state index contributed by atoms with van der Waals surface area (Å²) in [7, 11) is 0. The van der Waals surface area contributed by atoms with E-state index in [4.69, 9.17) is 28.0 Å². The van der Waals surface area contributed by atoms with Crippen LogP contribution in [-0.4, -0.2) is 36.2 Å². The standard InChI is InChI=1S/C23H19Cl2F4N3O2/c24-16-7-15(8-17(25)9-16)22(23(27,28)29)10-19(31-34-22)13-1-3-14(4-2-13)21(26)11-32(12-21)20(33)30-18-5-6-18/h1-4,7-10,18,31H,5-6,11-12H2,(H,30,33). The lowest BCUT2D eigenvalue weighted by Crippen LogP contribution is -2.61. The van der Waals surface area contributed by atoms with Crippen molar-refractivity contribution in [3.05, 3.63) is 75.3 Å². The van der Waals surface area contributed by atoms with Gasteiger partial charge in [-0.3, -0.25) is 10.3 Å². The summed E-state index contributed by atoms with van der Waals surface area (Å²) in [5, 5.41) is 2.89. The number of urea groups is 1. The van der Waals surface area contributed by atoms with Crippen molar-refractivity contribution < 1.29 is 27.2 Å². The van der Waals surface area contributed by atoms with Crippen molar-refractivity contribution >= 4 is 34.9 Å². The molecular weight excluding hydrogens is 497 g/mol. The summed E-state index contributed by atoms with van der Waals surface area (Å²) in [4.78, 5) is 18.5. The molecular formula is C23H19Cl2F4N3O2. The summed E-state index contributed by atoms with van der Waals surface area (Å²) < 4.78 is 57.6. The Morgan fingerprint density at radius 2 is 1.68 bits per heavy atom. The Morgan fingerprint density at radius 1 is 1.06 bits per heavy atom. The number of rotatable bonds is 4. The Balaban J connectivity index is 1.36. The van der Waals surface area contributed by atoms with Gasteiger partial charge < -0.3 is 10.2 Å². The van der Waals surface area contributed by atoms with Gasteiger partial charge in [-0.15, -0.1) is 0 Å². The van der Waals surface area contributed by atoms with Crippen molar-refractivity contribution in [2.75, 3.05) is 13.1 Å². The van der Waals surface area contributed by atoms with E-state index in [9.17, 15) is 18.0 Å². The van der Waals surface area contributed by atoms with Crippen molar-refractivity contribution in [1.29, 1.82) is 0 Å². The lowest BCUT2D eigenvalue weighted by molar-refractivity contribution is -0.269. The number of hydrogen-bond donors (Lipinski definition) is 2. The summed E-state index contributed by atoms with van der Waals surface area (Å²) in [6.45, 7) is -0.163. The second kappa shape index (κ2) is 8.03. The zero-order chi connectivity index (χ0) is 24.3. The first-order valence-corrected chi connectivity index (χ1v) is 11.3. The molecule has 0 aromatic heterocycles. The van der Waals surface area contributed by atoms with E-state index < -0.39 is 17.4 Å². The van der Waals surface area contributed by atoms with Gasteiger partial charge in [0.15, 0.2) is 5.67 Å². The molecule has 3 aliphatic rings. The second-order valence-corrected chi connectivity index (χ2v) is 9.65. The van der Waals surface area contributed by atoms with Gasteiger partial charge >= 0.3 is 12.2 Å². The fourth-order valence-corrected chi connectivity index (χ4v) is 4.61. The highest BCUT2D eigenvalue weighted by Gasteiger charge is 2.59. The molecule has 180 valence electrons. The van der Waals surface area contributed by atoms with Gasteiger partial charge in [-0.2, -0.15) is 13.2 Å². The molecule has 1 atom stereocenters. The topological polar surface area (TPSA) is 53.6 Å². The van der Waals surface area contributed by atoms with Crippen LogP contribution < -0.4 is 10.8 Å². The van der Waals surface area contributed by atoms with E-state index in [-0.39, 0.29) is 46.5 Å². The van der Waals surface area contributed by atoms with Crippen LogP contribution >= 0.6 is 23.2 Å². The Morgan fingerprint density at radius 3 is 2.24 bits per heavy atom. The number of halogens is 6. The number of benzene rings is 2. The lowest BCUT2D eigenvalue weighted by atomic mass is 9.87. The molecule has 2 aromatic rings. The number of hydrogen-bond acceptors (Lipinski definition) is 3. The van der Waals surface area contributed by atoms with Gasteiger partial charge in [-0.05, 0) is 48.2 Å². The Kier molecular flexibility index (Phi) is 5.50. The van der Waals surface area contributed by atoms with E-state index in [0.29, 0.717) is 11.1 Å². The predicted molar refractivity (Wildman–Crippen MR) is 119 cm³/mol. The largest absolute Gasteiger partial charge is 0.428 e. The molecule has 0 bridgehead atoms. The summed E-state index contributed by atoms with van der Waals surface area (Å²) in [5.41, 5.74) is -1.68. The maximum Gasteiger partial charge on any atom is 0.428 e. The number of carbonyl (C=O) groups is 1. The first kappa shape index (κ1) is 23.3. The lowest BCUT2D eigenvalue weighted by Gasteiger charge is -2.44. The van der Waals surface area contributed by atoms with Crippen LogP contribution in [0, 0.1) is 0 Å². The number of likely N-dealkylation sites (tertiary alicyclic amines) is 1. The third-order valence-electron chi connectivity index (χ3n) is 6.17. The maximum absolute atomic E-state index is 15.2. The van der Waals surface area contributed by atoms with E-state index in [1.165, 1.54) is 35.2 Å². The van der Waals surface area contributed by atoms with Gasteiger partial charge in [0.05, 0.1) is 18.8 Å². The number of amides is 2. The number of alkyl halides is 4. The Labute approximate surface area is 202 Å². The SMILES string of the molecule is O=C(NC1CC1)N1CC(F)(c2ccc(C3=CC(c4cc(Cl)cc(Cl)c4)(C(F)(F)F)ON3)cc2)C1. The molecule has 0 spiro atoms. The molecule has 2 fully saturated rings. The molecule has 1 unspecified atom stereocenters. The molecule has 2 amide bonds. The first-order valence-electron chi connectivity index (χ1n) is 10.5. The number of nitrogens with zero attached hydrogens (tertiary/aromatic N) is 1. The fourth-order valence-electron chi connectivity index (χ4n) is 4.08. The minimum absolute atomic E-state index is 0.0366. The smallest absolute Gasteiger partial charge is 0.335 e. The van der Waals surface area contributed by atoms with Gasteiger partial charge in [-0.1, -0.05) is 47.5 Å². The molecule has 2 aliphatic heterocycles. The van der Waals surface area contributed by atoms with Crippen molar-refractivity contribution in [1.82, 2.24) is 15.7 Å². The molecule has 5 rings (SSSR count). The predicted octanol–water partition coefficient (Wildman–Crippen LogP) is 5.68. The van der Waals surface area contributed by atoms with Crippen LogP contribution in [0.5, 0.6) is 0 Å². The van der Waals surface area contributed by atoms with Gasteiger partial charge in [0.1, 0.15) is 0 Å². The Hall–Kier alpha value is -2.49. The fraction of sp³-hybridized carbons (Fsp3) is 0.348. The summed E-state index contributed by atoms with van der Waals surface area (Å²) in [5.74, 6) is 0. The van der Waals surface area contributed by atoms with Crippen LogP contribution in [0.4, 0.5) is 22.4 Å². The average molecular weight is 516 g/mol. The molecule has 1 saturated carbocycles. The van der Waals surface area contributed by atoms with Crippen molar-refractivity contribution in [2.24, 2.45) is 0 Å². The minimum Gasteiger partial charge on any atom is -0.335 e. The van der Waals surface area contributed by atoms with Crippen LogP contribution in [0.25, 0.3) is 5.70 Å². The number of carbonyl (C=O) groups excluding carboxylic acids is 1. The van der Waals surface area contributed by atoms with Gasteiger partial charge in [0, 0.05) is 21.7 Å². The molecule has 0 radical (unpaired) electrons. The Bertz CT molecular complexity index is 1140. The minimum atomic E-state index is -4.82. The van der Waals surface area contributed by atoms with Crippen molar-refractivity contribution in [2.45, 2.75) is 36.3 Å². The number of nitrogens with one attached hydrogen (secondary N) is 2. The normalized spacial score (nSPS) is 23.7. The van der Waals surface area contributed by atoms with E-state index in [1.54, 1.807) is 0 Å². The summed E-state index contributed by atoms with van der Waals surface area (Å²) in [6, 6.07) is 9.51. The molecule has 5 nitrogen and oxygen atoms in total. The molecule has 34 heavy (non-hydrogen) atoms. The zero-order valence-corrected chi connectivity index (χ0v) is 19.1. The maximum atomic E-state index is 15.2. The van der Waals surface area contributed by atoms with Crippen molar-refractivity contribution in [3.63, 3.8) is 0 Å². The third-order valence-corrected chi connectivity index (χ3v) is 6.61. The zero-order valence-electron chi connectivity index (χ0n) is 17.6. The molecule has 11 heteroatoms. The highest BCUT2D eigenvalue weighted by atomic mass is 35.5.